The summed E-state index contributed by atoms with van der Waals surface area (Å²) < 4.78 is 42.4. The van der Waals surface area contributed by atoms with E-state index in [2.05, 4.69) is 15.5 Å². The lowest BCUT2D eigenvalue weighted by Gasteiger charge is -2.31. The van der Waals surface area contributed by atoms with E-state index in [1.165, 1.54) is 4.90 Å². The Kier molecular flexibility index (Phi) is 4.85. The van der Waals surface area contributed by atoms with Gasteiger partial charge in [0, 0.05) is 23.8 Å². The number of rotatable bonds is 2. The van der Waals surface area contributed by atoms with E-state index in [0.717, 1.165) is 0 Å². The summed E-state index contributed by atoms with van der Waals surface area (Å²) in [6, 6.07) is 6.33. The van der Waals surface area contributed by atoms with E-state index in [1.807, 2.05) is 0 Å². The highest BCUT2D eigenvalue weighted by molar-refractivity contribution is 6.30. The van der Waals surface area contributed by atoms with Gasteiger partial charge in [0.25, 0.3) is 0 Å². The number of halogens is 4. The molecule has 1 aromatic carbocycles. The van der Waals surface area contributed by atoms with Gasteiger partial charge in [-0.3, -0.25) is 0 Å². The highest BCUT2D eigenvalue weighted by atomic mass is 35.5. The molecule has 1 fully saturated rings. The summed E-state index contributed by atoms with van der Waals surface area (Å²) in [4.78, 5) is 13.9. The molecule has 25 heavy (non-hydrogen) atoms. The van der Waals surface area contributed by atoms with Crippen LogP contribution in [0, 0.1) is 0 Å². The van der Waals surface area contributed by atoms with Gasteiger partial charge in [-0.1, -0.05) is 17.7 Å². The second-order valence-electron chi connectivity index (χ2n) is 5.67. The van der Waals surface area contributed by atoms with Crippen LogP contribution in [0.2, 0.25) is 5.02 Å². The van der Waals surface area contributed by atoms with Crippen molar-refractivity contribution in [1.82, 2.24) is 15.1 Å². The average Bonchev–Trinajstić information content (AvgIpc) is 3.05. The number of carbonyl (C=O) groups excluding carboxylic acids is 1. The summed E-state index contributed by atoms with van der Waals surface area (Å²) in [7, 11) is 0. The average molecular weight is 375 g/mol. The lowest BCUT2D eigenvalue weighted by molar-refractivity contribution is -0.157. The van der Waals surface area contributed by atoms with Crippen LogP contribution in [0.25, 0.3) is 0 Å². The molecule has 0 aliphatic carbocycles. The van der Waals surface area contributed by atoms with Crippen LogP contribution >= 0.6 is 11.6 Å². The van der Waals surface area contributed by atoms with E-state index in [4.69, 9.17) is 16.0 Å². The molecular weight excluding hydrogens is 361 g/mol. The lowest BCUT2D eigenvalue weighted by Crippen LogP contribution is -2.41. The Morgan fingerprint density at radius 2 is 2.16 bits per heavy atom. The number of hydrogen-bond acceptors (Lipinski definition) is 4. The third kappa shape index (κ3) is 4.22. The SMILES string of the molecule is O=C(Nc1cccc(Cl)c1)N1CCCC(c2nnc(C(F)(F)F)o2)C1. The molecule has 1 saturated heterocycles. The standard InChI is InChI=1S/C15H14ClF3N4O2/c16-10-4-1-5-11(7-10)20-14(24)23-6-2-3-9(8-23)12-21-22-13(25-12)15(17,18)19/h1,4-5,7,9H,2-3,6,8H2,(H,20,24). The van der Waals surface area contributed by atoms with Gasteiger partial charge < -0.3 is 14.6 Å². The second-order valence-corrected chi connectivity index (χ2v) is 6.11. The number of aromatic nitrogens is 2. The molecular formula is C15H14ClF3N4O2. The van der Waals surface area contributed by atoms with Gasteiger partial charge in [-0.2, -0.15) is 13.2 Å². The maximum absolute atomic E-state index is 12.6. The van der Waals surface area contributed by atoms with Crippen molar-refractivity contribution in [3.63, 3.8) is 0 Å². The Morgan fingerprint density at radius 1 is 1.36 bits per heavy atom. The van der Waals surface area contributed by atoms with Crippen LogP contribution in [0.4, 0.5) is 23.7 Å². The van der Waals surface area contributed by atoms with Crippen molar-refractivity contribution in [3.05, 3.63) is 41.1 Å². The van der Waals surface area contributed by atoms with Crippen LogP contribution in [0.3, 0.4) is 0 Å². The van der Waals surface area contributed by atoms with Crippen LogP contribution in [0.15, 0.2) is 28.7 Å². The number of benzene rings is 1. The van der Waals surface area contributed by atoms with Gasteiger partial charge in [0.2, 0.25) is 5.89 Å². The number of urea groups is 1. The topological polar surface area (TPSA) is 71.3 Å². The molecule has 1 atom stereocenters. The molecule has 1 aromatic heterocycles. The fourth-order valence-electron chi connectivity index (χ4n) is 2.65. The molecule has 2 aromatic rings. The number of amides is 2. The van der Waals surface area contributed by atoms with Crippen molar-refractivity contribution in [3.8, 4) is 0 Å². The van der Waals surface area contributed by atoms with E-state index >= 15 is 0 Å². The fourth-order valence-corrected chi connectivity index (χ4v) is 2.84. The Labute approximate surface area is 146 Å². The number of likely N-dealkylation sites (tertiary alicyclic amines) is 1. The van der Waals surface area contributed by atoms with Crippen LogP contribution in [-0.4, -0.2) is 34.2 Å². The van der Waals surface area contributed by atoms with Crippen molar-refractivity contribution in [2.45, 2.75) is 24.9 Å². The highest BCUT2D eigenvalue weighted by Gasteiger charge is 2.39. The molecule has 1 unspecified atom stereocenters. The minimum Gasteiger partial charge on any atom is -0.417 e. The van der Waals surface area contributed by atoms with Crippen LogP contribution in [-0.2, 0) is 6.18 Å². The number of hydrogen-bond donors (Lipinski definition) is 1. The molecule has 134 valence electrons. The number of anilines is 1. The monoisotopic (exact) mass is 374 g/mol. The largest absolute Gasteiger partial charge is 0.470 e. The Hall–Kier alpha value is -2.29. The van der Waals surface area contributed by atoms with Gasteiger partial charge in [-0.15, -0.1) is 10.2 Å². The van der Waals surface area contributed by atoms with Crippen LogP contribution in [0.5, 0.6) is 0 Å². The highest BCUT2D eigenvalue weighted by Crippen LogP contribution is 2.32. The minimum atomic E-state index is -4.68. The predicted octanol–water partition coefficient (Wildman–Crippen LogP) is 4.15. The van der Waals surface area contributed by atoms with E-state index < -0.39 is 18.0 Å². The smallest absolute Gasteiger partial charge is 0.417 e. The van der Waals surface area contributed by atoms with Crippen LogP contribution in [0.1, 0.15) is 30.5 Å². The number of alkyl halides is 3. The van der Waals surface area contributed by atoms with Crippen molar-refractivity contribution < 1.29 is 22.4 Å². The van der Waals surface area contributed by atoms with E-state index in [9.17, 15) is 18.0 Å². The van der Waals surface area contributed by atoms with Crippen molar-refractivity contribution in [1.29, 1.82) is 0 Å². The Balaban J connectivity index is 1.66. The van der Waals surface area contributed by atoms with Gasteiger partial charge in [0.15, 0.2) is 0 Å². The molecule has 0 spiro atoms. The molecule has 10 heteroatoms. The summed E-state index contributed by atoms with van der Waals surface area (Å²) in [6.07, 6.45) is -3.48. The van der Waals surface area contributed by atoms with Gasteiger partial charge in [0.1, 0.15) is 0 Å². The van der Waals surface area contributed by atoms with Gasteiger partial charge in [0.05, 0.1) is 5.92 Å². The third-order valence-electron chi connectivity index (χ3n) is 3.82. The third-order valence-corrected chi connectivity index (χ3v) is 4.05. The first-order chi connectivity index (χ1) is 11.8. The van der Waals surface area contributed by atoms with Gasteiger partial charge >= 0.3 is 18.1 Å². The number of piperidine rings is 1. The molecule has 0 saturated carbocycles. The molecule has 2 heterocycles. The first kappa shape index (κ1) is 17.5. The van der Waals surface area contributed by atoms with Crippen molar-refractivity contribution in [2.24, 2.45) is 0 Å². The molecule has 0 radical (unpaired) electrons. The second kappa shape index (κ2) is 6.91. The quantitative estimate of drug-likeness (QED) is 0.857. The van der Waals surface area contributed by atoms with Crippen LogP contribution < -0.4 is 5.32 Å². The van der Waals surface area contributed by atoms with E-state index in [0.29, 0.717) is 30.1 Å². The number of nitrogens with one attached hydrogen (secondary N) is 1. The zero-order valence-electron chi connectivity index (χ0n) is 12.9. The summed E-state index contributed by atoms with van der Waals surface area (Å²) in [5.41, 5.74) is 0.539. The minimum absolute atomic E-state index is 0.104. The molecule has 6 nitrogen and oxygen atoms in total. The van der Waals surface area contributed by atoms with Crippen molar-refractivity contribution in [2.75, 3.05) is 18.4 Å². The maximum Gasteiger partial charge on any atom is 0.470 e. The van der Waals surface area contributed by atoms with Gasteiger partial charge in [-0.25, -0.2) is 4.79 Å². The summed E-state index contributed by atoms with van der Waals surface area (Å²) in [6.45, 7) is 0.690. The van der Waals surface area contributed by atoms with E-state index in [-0.39, 0.29) is 18.5 Å². The van der Waals surface area contributed by atoms with E-state index in [1.54, 1.807) is 24.3 Å². The zero-order chi connectivity index (χ0) is 18.0. The fraction of sp³-hybridized carbons (Fsp3) is 0.400. The number of carbonyl (C=O) groups is 1. The predicted molar refractivity (Wildman–Crippen MR) is 83.3 cm³/mol. The zero-order valence-corrected chi connectivity index (χ0v) is 13.6. The molecule has 1 aliphatic heterocycles. The first-order valence-corrected chi connectivity index (χ1v) is 7.93. The molecule has 1 aliphatic rings. The molecule has 1 N–H and O–H groups in total. The Morgan fingerprint density at radius 3 is 2.84 bits per heavy atom. The lowest BCUT2D eigenvalue weighted by atomic mass is 9.98. The van der Waals surface area contributed by atoms with Crippen molar-refractivity contribution >= 4 is 23.3 Å². The number of nitrogens with zero attached hydrogens (tertiary/aromatic N) is 3. The molecule has 0 bridgehead atoms. The summed E-state index contributed by atoms with van der Waals surface area (Å²) >= 11 is 5.87. The normalized spacial score (nSPS) is 18.2. The van der Waals surface area contributed by atoms with Gasteiger partial charge in [-0.05, 0) is 31.0 Å². The maximum atomic E-state index is 12.6. The Bertz CT molecular complexity index is 765. The first-order valence-electron chi connectivity index (χ1n) is 7.55. The molecule has 2 amide bonds. The molecule has 3 rings (SSSR count). The summed E-state index contributed by atoms with van der Waals surface area (Å²) in [5.74, 6) is -1.90. The summed E-state index contributed by atoms with van der Waals surface area (Å²) in [5, 5.41) is 9.71.